The second-order valence-corrected chi connectivity index (χ2v) is 5.93. The first kappa shape index (κ1) is 16.9. The lowest BCUT2D eigenvalue weighted by molar-refractivity contribution is -0.115. The average Bonchev–Trinajstić information content (AvgIpc) is 2.85. The number of hydrogen-bond acceptors (Lipinski definition) is 6. The zero-order valence-corrected chi connectivity index (χ0v) is 13.3. The number of amides is 1. The standard InChI is InChI=1S/C12H14N4OS2.ClH/c1-13-7-10(17)14-11-15-16-12(19-11)18-8-9-5-3-2-4-6-9;/h2-6,13H,7-8H2,1H3,(H,14,15,17);1H. The molecular weight excluding hydrogens is 316 g/mol. The molecule has 5 nitrogen and oxygen atoms in total. The van der Waals surface area contributed by atoms with Gasteiger partial charge in [-0.15, -0.1) is 22.6 Å². The van der Waals surface area contributed by atoms with Gasteiger partial charge in [-0.3, -0.25) is 10.1 Å². The predicted molar refractivity (Wildman–Crippen MR) is 85.7 cm³/mol. The molecule has 1 aromatic carbocycles. The highest BCUT2D eigenvalue weighted by atomic mass is 35.5. The number of thioether (sulfide) groups is 1. The summed E-state index contributed by atoms with van der Waals surface area (Å²) in [5.74, 6) is 0.734. The van der Waals surface area contributed by atoms with Gasteiger partial charge in [0.05, 0.1) is 6.54 Å². The van der Waals surface area contributed by atoms with Crippen LogP contribution in [0.25, 0.3) is 0 Å². The first-order chi connectivity index (χ1) is 9.28. The van der Waals surface area contributed by atoms with E-state index in [0.29, 0.717) is 5.13 Å². The molecule has 1 amide bonds. The Morgan fingerprint density at radius 2 is 2.05 bits per heavy atom. The van der Waals surface area contributed by atoms with Gasteiger partial charge < -0.3 is 5.32 Å². The van der Waals surface area contributed by atoms with Crippen molar-refractivity contribution in [3.63, 3.8) is 0 Å². The summed E-state index contributed by atoms with van der Waals surface area (Å²) >= 11 is 3.00. The van der Waals surface area contributed by atoms with E-state index in [2.05, 4.69) is 33.0 Å². The van der Waals surface area contributed by atoms with Gasteiger partial charge >= 0.3 is 0 Å². The molecule has 0 aliphatic rings. The minimum Gasteiger partial charge on any atom is -0.311 e. The van der Waals surface area contributed by atoms with Crippen molar-refractivity contribution in [1.29, 1.82) is 0 Å². The van der Waals surface area contributed by atoms with Gasteiger partial charge in [-0.25, -0.2) is 0 Å². The van der Waals surface area contributed by atoms with Crippen LogP contribution >= 0.6 is 35.5 Å². The second-order valence-electron chi connectivity index (χ2n) is 3.73. The maximum Gasteiger partial charge on any atom is 0.240 e. The van der Waals surface area contributed by atoms with Gasteiger partial charge in [-0.05, 0) is 12.6 Å². The Labute approximate surface area is 132 Å². The zero-order valence-electron chi connectivity index (χ0n) is 10.8. The first-order valence-electron chi connectivity index (χ1n) is 5.72. The van der Waals surface area contributed by atoms with E-state index in [1.54, 1.807) is 18.8 Å². The highest BCUT2D eigenvalue weighted by molar-refractivity contribution is 8.00. The number of benzene rings is 1. The molecule has 0 aliphatic carbocycles. The molecule has 0 saturated carbocycles. The van der Waals surface area contributed by atoms with E-state index in [-0.39, 0.29) is 24.9 Å². The van der Waals surface area contributed by atoms with Gasteiger partial charge in [0.25, 0.3) is 0 Å². The van der Waals surface area contributed by atoms with Gasteiger partial charge in [0.1, 0.15) is 0 Å². The normalized spacial score (nSPS) is 9.85. The number of rotatable bonds is 6. The number of anilines is 1. The van der Waals surface area contributed by atoms with Crippen molar-refractivity contribution in [2.45, 2.75) is 10.1 Å². The Kier molecular flexibility index (Phi) is 7.53. The largest absolute Gasteiger partial charge is 0.311 e. The molecule has 0 fully saturated rings. The number of halogens is 1. The Hall–Kier alpha value is -1.15. The topological polar surface area (TPSA) is 66.9 Å². The fourth-order valence-corrected chi connectivity index (χ4v) is 3.09. The van der Waals surface area contributed by atoms with Gasteiger partial charge in [0.15, 0.2) is 4.34 Å². The molecule has 1 aromatic heterocycles. The summed E-state index contributed by atoms with van der Waals surface area (Å²) in [5, 5.41) is 14.0. The molecule has 0 aliphatic heterocycles. The molecule has 1 heterocycles. The zero-order chi connectivity index (χ0) is 13.5. The third-order valence-corrected chi connectivity index (χ3v) is 4.24. The fraction of sp³-hybridized carbons (Fsp3) is 0.250. The van der Waals surface area contributed by atoms with E-state index in [1.807, 2.05) is 18.2 Å². The highest BCUT2D eigenvalue weighted by Crippen LogP contribution is 2.28. The summed E-state index contributed by atoms with van der Waals surface area (Å²) < 4.78 is 0.851. The molecule has 0 spiro atoms. The molecule has 0 saturated heterocycles. The number of carbonyl (C=O) groups excluding carboxylic acids is 1. The molecule has 0 bridgehead atoms. The van der Waals surface area contributed by atoms with E-state index in [1.165, 1.54) is 16.9 Å². The van der Waals surface area contributed by atoms with E-state index >= 15 is 0 Å². The molecule has 0 unspecified atom stereocenters. The lowest BCUT2D eigenvalue weighted by Crippen LogP contribution is -2.24. The van der Waals surface area contributed by atoms with Gasteiger partial charge in [0.2, 0.25) is 11.0 Å². The number of carbonyl (C=O) groups is 1. The SMILES string of the molecule is CNCC(=O)Nc1nnc(SCc2ccccc2)s1.Cl. The fourth-order valence-electron chi connectivity index (χ4n) is 1.36. The van der Waals surface area contributed by atoms with Gasteiger partial charge in [-0.2, -0.15) is 0 Å². The lowest BCUT2D eigenvalue weighted by atomic mass is 10.2. The second kappa shape index (κ2) is 8.91. The maximum atomic E-state index is 11.4. The van der Waals surface area contributed by atoms with Gasteiger partial charge in [0, 0.05) is 5.75 Å². The van der Waals surface area contributed by atoms with E-state index in [9.17, 15) is 4.79 Å². The molecule has 2 rings (SSSR count). The Bertz CT molecular complexity index is 535. The van der Waals surface area contributed by atoms with Crippen LogP contribution in [0, 0.1) is 0 Å². The first-order valence-corrected chi connectivity index (χ1v) is 7.53. The molecule has 108 valence electrons. The summed E-state index contributed by atoms with van der Waals surface area (Å²) in [6, 6.07) is 10.2. The molecule has 2 N–H and O–H groups in total. The van der Waals surface area contributed by atoms with E-state index in [0.717, 1.165) is 10.1 Å². The number of likely N-dealkylation sites (N-methyl/N-ethyl adjacent to an activating group) is 1. The van der Waals surface area contributed by atoms with Crippen LogP contribution in [0.2, 0.25) is 0 Å². The van der Waals surface area contributed by atoms with Crippen molar-refractivity contribution in [3.05, 3.63) is 35.9 Å². The summed E-state index contributed by atoms with van der Waals surface area (Å²) in [4.78, 5) is 11.4. The van der Waals surface area contributed by atoms with Gasteiger partial charge in [-0.1, -0.05) is 53.4 Å². The van der Waals surface area contributed by atoms with Crippen LogP contribution in [-0.4, -0.2) is 29.7 Å². The van der Waals surface area contributed by atoms with Crippen molar-refractivity contribution in [2.75, 3.05) is 18.9 Å². The van der Waals surface area contributed by atoms with Crippen LogP contribution < -0.4 is 10.6 Å². The number of nitrogens with one attached hydrogen (secondary N) is 2. The van der Waals surface area contributed by atoms with E-state index in [4.69, 9.17) is 0 Å². The lowest BCUT2D eigenvalue weighted by Gasteiger charge is -1.98. The van der Waals surface area contributed by atoms with Crippen LogP contribution in [-0.2, 0) is 10.5 Å². The average molecular weight is 331 g/mol. The smallest absolute Gasteiger partial charge is 0.240 e. The molecule has 20 heavy (non-hydrogen) atoms. The summed E-state index contributed by atoms with van der Waals surface area (Å²) in [6.07, 6.45) is 0. The van der Waals surface area contributed by atoms with E-state index < -0.39 is 0 Å². The van der Waals surface area contributed by atoms with Crippen LogP contribution in [0.3, 0.4) is 0 Å². The highest BCUT2D eigenvalue weighted by Gasteiger charge is 2.07. The maximum absolute atomic E-state index is 11.4. The van der Waals surface area contributed by atoms with Crippen LogP contribution in [0.1, 0.15) is 5.56 Å². The van der Waals surface area contributed by atoms with Crippen molar-refractivity contribution < 1.29 is 4.79 Å². The molecular formula is C12H15ClN4OS2. The van der Waals surface area contributed by atoms with Crippen molar-refractivity contribution in [3.8, 4) is 0 Å². The molecule has 2 aromatic rings. The third-order valence-electron chi connectivity index (χ3n) is 2.20. The monoisotopic (exact) mass is 330 g/mol. The number of aromatic nitrogens is 2. The Morgan fingerprint density at radius 3 is 2.75 bits per heavy atom. The summed E-state index contributed by atoms with van der Waals surface area (Å²) in [5.41, 5.74) is 1.24. The number of hydrogen-bond donors (Lipinski definition) is 2. The van der Waals surface area contributed by atoms with Crippen LogP contribution in [0.4, 0.5) is 5.13 Å². The molecule has 0 radical (unpaired) electrons. The minimum absolute atomic E-state index is 0. The van der Waals surface area contributed by atoms with Crippen molar-refractivity contribution in [1.82, 2.24) is 15.5 Å². The predicted octanol–water partition coefficient (Wildman–Crippen LogP) is 2.41. The van der Waals surface area contributed by atoms with Crippen molar-refractivity contribution in [2.24, 2.45) is 0 Å². The molecule has 8 heteroatoms. The van der Waals surface area contributed by atoms with Crippen LogP contribution in [0.15, 0.2) is 34.7 Å². The Balaban J connectivity index is 0.00000200. The third kappa shape index (κ3) is 5.46. The molecule has 0 atom stereocenters. The minimum atomic E-state index is -0.113. The summed E-state index contributed by atoms with van der Waals surface area (Å²) in [7, 11) is 1.72. The summed E-state index contributed by atoms with van der Waals surface area (Å²) in [6.45, 7) is 0.270. The van der Waals surface area contributed by atoms with Crippen molar-refractivity contribution >= 4 is 46.5 Å². The van der Waals surface area contributed by atoms with Crippen LogP contribution in [0.5, 0.6) is 0 Å². The Morgan fingerprint density at radius 1 is 1.30 bits per heavy atom. The number of nitrogens with zero attached hydrogens (tertiary/aromatic N) is 2. The quantitative estimate of drug-likeness (QED) is 0.629.